The van der Waals surface area contributed by atoms with Crippen molar-refractivity contribution in [2.75, 3.05) is 20.1 Å². The average Bonchev–Trinajstić information content (AvgIpc) is 2.21. The molecule has 3 heteroatoms. The van der Waals surface area contributed by atoms with Gasteiger partial charge in [0.1, 0.15) is 5.82 Å². The highest BCUT2D eigenvalue weighted by Gasteiger charge is 2.02. The zero-order valence-electron chi connectivity index (χ0n) is 9.39. The summed E-state index contributed by atoms with van der Waals surface area (Å²) < 4.78 is 13.2. The molecule has 0 radical (unpaired) electrons. The molecule has 0 aliphatic heterocycles. The van der Waals surface area contributed by atoms with E-state index in [2.05, 4.69) is 17.6 Å². The standard InChI is InChI=1S/C12H19FN2/c1-10(9-14-2)15-8-7-11-5-3-4-6-12(11)13/h3-6,10,14-15H,7-9H2,1-2H3. The monoisotopic (exact) mass is 210 g/mol. The largest absolute Gasteiger partial charge is 0.318 e. The van der Waals surface area contributed by atoms with E-state index in [-0.39, 0.29) is 5.82 Å². The normalized spacial score (nSPS) is 12.7. The first-order chi connectivity index (χ1) is 7.24. The molecule has 15 heavy (non-hydrogen) atoms. The van der Waals surface area contributed by atoms with Crippen molar-refractivity contribution < 1.29 is 4.39 Å². The SMILES string of the molecule is CNCC(C)NCCc1ccccc1F. The van der Waals surface area contributed by atoms with Crippen molar-refractivity contribution in [1.82, 2.24) is 10.6 Å². The Balaban J connectivity index is 2.29. The van der Waals surface area contributed by atoms with E-state index >= 15 is 0 Å². The van der Waals surface area contributed by atoms with Crippen molar-refractivity contribution in [3.63, 3.8) is 0 Å². The molecule has 0 fully saturated rings. The van der Waals surface area contributed by atoms with Crippen molar-refractivity contribution in [3.8, 4) is 0 Å². The van der Waals surface area contributed by atoms with Gasteiger partial charge in [0, 0.05) is 12.6 Å². The quantitative estimate of drug-likeness (QED) is 0.744. The molecular weight excluding hydrogens is 191 g/mol. The Morgan fingerprint density at radius 1 is 1.33 bits per heavy atom. The van der Waals surface area contributed by atoms with Gasteiger partial charge in [0.15, 0.2) is 0 Å². The van der Waals surface area contributed by atoms with E-state index in [1.165, 1.54) is 6.07 Å². The third-order valence-electron chi connectivity index (χ3n) is 2.36. The Hall–Kier alpha value is -0.930. The summed E-state index contributed by atoms with van der Waals surface area (Å²) in [5.74, 6) is -0.111. The zero-order chi connectivity index (χ0) is 11.1. The molecule has 0 aliphatic rings. The Bertz CT molecular complexity index is 289. The molecule has 1 atom stereocenters. The molecule has 2 nitrogen and oxygen atoms in total. The molecule has 1 aromatic carbocycles. The molecule has 0 amide bonds. The van der Waals surface area contributed by atoms with Gasteiger partial charge in [0.25, 0.3) is 0 Å². The van der Waals surface area contributed by atoms with Gasteiger partial charge in [-0.15, -0.1) is 0 Å². The smallest absolute Gasteiger partial charge is 0.126 e. The fourth-order valence-corrected chi connectivity index (χ4v) is 1.53. The summed E-state index contributed by atoms with van der Waals surface area (Å²) >= 11 is 0. The summed E-state index contributed by atoms with van der Waals surface area (Å²) in [5.41, 5.74) is 0.779. The maximum absolute atomic E-state index is 13.2. The van der Waals surface area contributed by atoms with Gasteiger partial charge in [-0.1, -0.05) is 18.2 Å². The molecule has 1 rings (SSSR count). The van der Waals surface area contributed by atoms with Crippen LogP contribution in [-0.4, -0.2) is 26.2 Å². The molecule has 1 aromatic rings. The van der Waals surface area contributed by atoms with Crippen LogP contribution >= 0.6 is 0 Å². The van der Waals surface area contributed by atoms with Gasteiger partial charge in [-0.2, -0.15) is 0 Å². The van der Waals surface area contributed by atoms with E-state index in [1.807, 2.05) is 19.2 Å². The van der Waals surface area contributed by atoms with Gasteiger partial charge in [0.05, 0.1) is 0 Å². The van der Waals surface area contributed by atoms with Crippen molar-refractivity contribution >= 4 is 0 Å². The predicted molar refractivity (Wildman–Crippen MR) is 61.5 cm³/mol. The molecule has 0 heterocycles. The predicted octanol–water partition coefficient (Wildman–Crippen LogP) is 1.57. The first-order valence-electron chi connectivity index (χ1n) is 5.35. The van der Waals surface area contributed by atoms with Crippen LogP contribution in [0.25, 0.3) is 0 Å². The lowest BCUT2D eigenvalue weighted by Crippen LogP contribution is -2.36. The minimum absolute atomic E-state index is 0.111. The third-order valence-corrected chi connectivity index (χ3v) is 2.36. The second-order valence-corrected chi connectivity index (χ2v) is 3.75. The first kappa shape index (κ1) is 12.1. The molecule has 0 saturated carbocycles. The fraction of sp³-hybridized carbons (Fsp3) is 0.500. The fourth-order valence-electron chi connectivity index (χ4n) is 1.53. The summed E-state index contributed by atoms with van der Waals surface area (Å²) in [6.45, 7) is 3.85. The summed E-state index contributed by atoms with van der Waals surface area (Å²) in [6.07, 6.45) is 0.737. The van der Waals surface area contributed by atoms with Gasteiger partial charge in [-0.05, 0) is 38.6 Å². The molecule has 1 unspecified atom stereocenters. The lowest BCUT2D eigenvalue weighted by atomic mass is 10.1. The number of halogens is 1. The van der Waals surface area contributed by atoms with Crippen LogP contribution < -0.4 is 10.6 Å². The number of nitrogens with one attached hydrogen (secondary N) is 2. The van der Waals surface area contributed by atoms with Crippen LogP contribution in [0.4, 0.5) is 4.39 Å². The topological polar surface area (TPSA) is 24.1 Å². The number of hydrogen-bond donors (Lipinski definition) is 2. The van der Waals surface area contributed by atoms with Crippen molar-refractivity contribution in [2.45, 2.75) is 19.4 Å². The van der Waals surface area contributed by atoms with Crippen LogP contribution in [-0.2, 0) is 6.42 Å². The van der Waals surface area contributed by atoms with Crippen LogP contribution in [0, 0.1) is 5.82 Å². The molecule has 2 N–H and O–H groups in total. The van der Waals surface area contributed by atoms with Gasteiger partial charge >= 0.3 is 0 Å². The Morgan fingerprint density at radius 3 is 2.73 bits per heavy atom. The van der Waals surface area contributed by atoms with Crippen molar-refractivity contribution in [1.29, 1.82) is 0 Å². The first-order valence-corrected chi connectivity index (χ1v) is 5.35. The molecule has 0 bridgehead atoms. The Morgan fingerprint density at radius 2 is 2.07 bits per heavy atom. The van der Waals surface area contributed by atoms with E-state index in [4.69, 9.17) is 0 Å². The molecule has 0 aromatic heterocycles. The second-order valence-electron chi connectivity index (χ2n) is 3.75. The Kier molecular flexibility index (Phi) is 5.29. The van der Waals surface area contributed by atoms with Crippen LogP contribution in [0.2, 0.25) is 0 Å². The van der Waals surface area contributed by atoms with Crippen LogP contribution in [0.3, 0.4) is 0 Å². The van der Waals surface area contributed by atoms with Crippen LogP contribution in [0.15, 0.2) is 24.3 Å². The summed E-state index contributed by atoms with van der Waals surface area (Å²) in [6, 6.07) is 7.35. The van der Waals surface area contributed by atoms with E-state index in [0.717, 1.165) is 25.1 Å². The van der Waals surface area contributed by atoms with Gasteiger partial charge in [0.2, 0.25) is 0 Å². The van der Waals surface area contributed by atoms with Gasteiger partial charge < -0.3 is 10.6 Å². The summed E-state index contributed by atoms with van der Waals surface area (Å²) in [4.78, 5) is 0. The highest BCUT2D eigenvalue weighted by molar-refractivity contribution is 5.17. The van der Waals surface area contributed by atoms with E-state index < -0.39 is 0 Å². The van der Waals surface area contributed by atoms with Crippen molar-refractivity contribution in [3.05, 3.63) is 35.6 Å². The van der Waals surface area contributed by atoms with Gasteiger partial charge in [-0.3, -0.25) is 0 Å². The van der Waals surface area contributed by atoms with E-state index in [1.54, 1.807) is 6.07 Å². The molecule has 84 valence electrons. The molecule has 0 saturated heterocycles. The maximum Gasteiger partial charge on any atom is 0.126 e. The van der Waals surface area contributed by atoms with Gasteiger partial charge in [-0.25, -0.2) is 4.39 Å². The number of hydrogen-bond acceptors (Lipinski definition) is 2. The Labute approximate surface area is 90.9 Å². The lowest BCUT2D eigenvalue weighted by molar-refractivity contribution is 0.520. The number of likely N-dealkylation sites (N-methyl/N-ethyl adjacent to an activating group) is 1. The molecule has 0 spiro atoms. The van der Waals surface area contributed by atoms with E-state index in [0.29, 0.717) is 6.04 Å². The minimum Gasteiger partial charge on any atom is -0.318 e. The number of rotatable bonds is 6. The van der Waals surface area contributed by atoms with Crippen molar-refractivity contribution in [2.24, 2.45) is 0 Å². The van der Waals surface area contributed by atoms with Crippen LogP contribution in [0.1, 0.15) is 12.5 Å². The average molecular weight is 210 g/mol. The lowest BCUT2D eigenvalue weighted by Gasteiger charge is -2.13. The molecule has 0 aliphatic carbocycles. The summed E-state index contributed by atoms with van der Waals surface area (Å²) in [7, 11) is 1.93. The minimum atomic E-state index is -0.111. The van der Waals surface area contributed by atoms with E-state index in [9.17, 15) is 4.39 Å². The highest BCUT2D eigenvalue weighted by atomic mass is 19.1. The zero-order valence-corrected chi connectivity index (χ0v) is 9.39. The maximum atomic E-state index is 13.2. The second kappa shape index (κ2) is 6.53. The summed E-state index contributed by atoms with van der Waals surface area (Å²) in [5, 5.41) is 6.42. The molecular formula is C12H19FN2. The van der Waals surface area contributed by atoms with Crippen LogP contribution in [0.5, 0.6) is 0 Å². The third kappa shape index (κ3) is 4.40. The number of benzene rings is 1. The highest BCUT2D eigenvalue weighted by Crippen LogP contribution is 2.06.